The molecule has 20 heavy (non-hydrogen) atoms. The fourth-order valence-corrected chi connectivity index (χ4v) is 2.00. The molecular formula is C15H14N4O. The number of pyridine rings is 2. The van der Waals surface area contributed by atoms with Crippen molar-refractivity contribution in [3.8, 4) is 0 Å². The Labute approximate surface area is 116 Å². The molecule has 0 aliphatic carbocycles. The van der Waals surface area contributed by atoms with E-state index in [0.29, 0.717) is 12.2 Å². The summed E-state index contributed by atoms with van der Waals surface area (Å²) < 4.78 is 0. The number of amides is 1. The van der Waals surface area contributed by atoms with Gasteiger partial charge in [-0.2, -0.15) is 0 Å². The van der Waals surface area contributed by atoms with E-state index in [0.717, 1.165) is 23.4 Å². The fourth-order valence-electron chi connectivity index (χ4n) is 2.00. The van der Waals surface area contributed by atoms with Gasteiger partial charge in [0.25, 0.3) is 5.91 Å². The molecule has 0 saturated heterocycles. The molecule has 1 aliphatic heterocycles. The van der Waals surface area contributed by atoms with E-state index < -0.39 is 0 Å². The number of nitrogens with one attached hydrogen (secondary N) is 2. The first-order chi connectivity index (χ1) is 9.83. The van der Waals surface area contributed by atoms with Gasteiger partial charge >= 0.3 is 0 Å². The highest BCUT2D eigenvalue weighted by Gasteiger charge is 2.11. The predicted octanol–water partition coefficient (Wildman–Crippen LogP) is 1.85. The van der Waals surface area contributed by atoms with Gasteiger partial charge in [0.1, 0.15) is 5.69 Å². The Kier molecular flexibility index (Phi) is 3.41. The van der Waals surface area contributed by atoms with Gasteiger partial charge in [0.05, 0.1) is 0 Å². The maximum absolute atomic E-state index is 12.1. The summed E-state index contributed by atoms with van der Waals surface area (Å²) in [6.07, 6.45) is 9.13. The fraction of sp³-hybridized carbons (Fsp3) is 0.133. The number of carbonyl (C=O) groups excluding carboxylic acids is 1. The molecule has 0 spiro atoms. The Morgan fingerprint density at radius 2 is 2.20 bits per heavy atom. The number of aromatic nitrogens is 2. The van der Waals surface area contributed by atoms with Gasteiger partial charge in [-0.3, -0.25) is 14.8 Å². The van der Waals surface area contributed by atoms with Crippen LogP contribution in [0.3, 0.4) is 0 Å². The summed E-state index contributed by atoms with van der Waals surface area (Å²) in [5.41, 5.74) is 3.37. The van der Waals surface area contributed by atoms with E-state index in [1.807, 2.05) is 24.3 Å². The van der Waals surface area contributed by atoms with Crippen molar-refractivity contribution in [3.05, 3.63) is 59.7 Å². The first kappa shape index (κ1) is 12.3. The highest BCUT2D eigenvalue weighted by atomic mass is 16.1. The van der Waals surface area contributed by atoms with Crippen LogP contribution >= 0.6 is 0 Å². The molecular weight excluding hydrogens is 252 g/mol. The van der Waals surface area contributed by atoms with Gasteiger partial charge in [-0.15, -0.1) is 0 Å². The maximum Gasteiger partial charge on any atom is 0.270 e. The standard InChI is InChI=1S/C15H14N4O/c20-15(19-9-11-3-6-16-7-4-11)14-8-13-12(10-18-14)2-1-5-17-13/h1-4,6-8,10,17H,5,9H2,(H,19,20). The van der Waals surface area contributed by atoms with Crippen molar-refractivity contribution in [2.75, 3.05) is 11.9 Å². The van der Waals surface area contributed by atoms with Crippen molar-refractivity contribution in [3.63, 3.8) is 0 Å². The molecule has 1 amide bonds. The molecule has 2 aromatic heterocycles. The average Bonchev–Trinajstić information content (AvgIpc) is 2.53. The molecule has 3 rings (SSSR count). The van der Waals surface area contributed by atoms with E-state index in [4.69, 9.17) is 0 Å². The molecule has 0 aromatic carbocycles. The molecule has 0 atom stereocenters. The number of fused-ring (bicyclic) bond motifs is 1. The minimum Gasteiger partial charge on any atom is -0.381 e. The Bertz CT molecular complexity index is 652. The molecule has 0 unspecified atom stereocenters. The molecule has 5 nitrogen and oxygen atoms in total. The Hall–Kier alpha value is -2.69. The number of hydrogen-bond acceptors (Lipinski definition) is 4. The third-order valence-electron chi connectivity index (χ3n) is 3.08. The smallest absolute Gasteiger partial charge is 0.270 e. The largest absolute Gasteiger partial charge is 0.381 e. The van der Waals surface area contributed by atoms with Crippen molar-refractivity contribution in [2.45, 2.75) is 6.54 Å². The van der Waals surface area contributed by atoms with Crippen LogP contribution in [0.2, 0.25) is 0 Å². The SMILES string of the molecule is O=C(NCc1ccncc1)c1cc2c(cn1)C=CCN2. The van der Waals surface area contributed by atoms with Crippen LogP contribution in [0, 0.1) is 0 Å². The van der Waals surface area contributed by atoms with Gasteiger partial charge in [0.15, 0.2) is 0 Å². The first-order valence-electron chi connectivity index (χ1n) is 6.40. The molecule has 0 radical (unpaired) electrons. The van der Waals surface area contributed by atoms with Crippen LogP contribution in [0.5, 0.6) is 0 Å². The Morgan fingerprint density at radius 3 is 3.05 bits per heavy atom. The van der Waals surface area contributed by atoms with Crippen LogP contribution in [-0.4, -0.2) is 22.4 Å². The molecule has 100 valence electrons. The highest BCUT2D eigenvalue weighted by Crippen LogP contribution is 2.20. The van der Waals surface area contributed by atoms with Crippen molar-refractivity contribution in [1.29, 1.82) is 0 Å². The Balaban J connectivity index is 1.70. The van der Waals surface area contributed by atoms with Crippen LogP contribution in [0.1, 0.15) is 21.6 Å². The van der Waals surface area contributed by atoms with Gasteiger partial charge < -0.3 is 10.6 Å². The predicted molar refractivity (Wildman–Crippen MR) is 77.2 cm³/mol. The van der Waals surface area contributed by atoms with E-state index in [2.05, 4.69) is 20.6 Å². The van der Waals surface area contributed by atoms with Crippen LogP contribution in [-0.2, 0) is 6.54 Å². The topological polar surface area (TPSA) is 66.9 Å². The summed E-state index contributed by atoms with van der Waals surface area (Å²) in [6, 6.07) is 5.51. The maximum atomic E-state index is 12.1. The lowest BCUT2D eigenvalue weighted by molar-refractivity contribution is 0.0946. The highest BCUT2D eigenvalue weighted by molar-refractivity contribution is 5.93. The van der Waals surface area contributed by atoms with Gasteiger partial charge in [-0.1, -0.05) is 12.2 Å². The minimum absolute atomic E-state index is 0.180. The van der Waals surface area contributed by atoms with Gasteiger partial charge in [0, 0.05) is 42.9 Å². The second kappa shape index (κ2) is 5.52. The van der Waals surface area contributed by atoms with Crippen LogP contribution < -0.4 is 10.6 Å². The average molecular weight is 266 g/mol. The number of rotatable bonds is 3. The van der Waals surface area contributed by atoms with Crippen LogP contribution in [0.25, 0.3) is 6.08 Å². The molecule has 2 N–H and O–H groups in total. The summed E-state index contributed by atoms with van der Waals surface area (Å²) in [5.74, 6) is -0.180. The zero-order chi connectivity index (χ0) is 13.8. The summed E-state index contributed by atoms with van der Waals surface area (Å²) in [6.45, 7) is 1.24. The first-order valence-corrected chi connectivity index (χ1v) is 6.40. The van der Waals surface area contributed by atoms with Crippen molar-refractivity contribution in [2.24, 2.45) is 0 Å². The Morgan fingerprint density at radius 1 is 1.35 bits per heavy atom. The van der Waals surface area contributed by atoms with Gasteiger partial charge in [0.2, 0.25) is 0 Å². The molecule has 2 aromatic rings. The second-order valence-electron chi connectivity index (χ2n) is 4.48. The monoisotopic (exact) mass is 266 g/mol. The molecule has 0 fully saturated rings. The molecule has 3 heterocycles. The number of hydrogen-bond donors (Lipinski definition) is 2. The van der Waals surface area contributed by atoms with E-state index in [1.54, 1.807) is 24.7 Å². The van der Waals surface area contributed by atoms with Crippen molar-refractivity contribution < 1.29 is 4.79 Å². The summed E-state index contributed by atoms with van der Waals surface area (Å²) in [7, 11) is 0. The van der Waals surface area contributed by atoms with Gasteiger partial charge in [-0.05, 0) is 23.8 Å². The number of nitrogens with zero attached hydrogens (tertiary/aromatic N) is 2. The summed E-state index contributed by atoms with van der Waals surface area (Å²) >= 11 is 0. The normalized spacial score (nSPS) is 12.4. The molecule has 0 bridgehead atoms. The minimum atomic E-state index is -0.180. The van der Waals surface area contributed by atoms with Crippen molar-refractivity contribution in [1.82, 2.24) is 15.3 Å². The van der Waals surface area contributed by atoms with Crippen molar-refractivity contribution >= 4 is 17.7 Å². The molecule has 0 saturated carbocycles. The van der Waals surface area contributed by atoms with E-state index in [9.17, 15) is 4.79 Å². The number of carbonyl (C=O) groups is 1. The van der Waals surface area contributed by atoms with E-state index in [-0.39, 0.29) is 5.91 Å². The van der Waals surface area contributed by atoms with E-state index >= 15 is 0 Å². The molecule has 5 heteroatoms. The van der Waals surface area contributed by atoms with Crippen LogP contribution in [0.4, 0.5) is 5.69 Å². The summed E-state index contributed by atoms with van der Waals surface area (Å²) in [5, 5.41) is 6.06. The quantitative estimate of drug-likeness (QED) is 0.889. The second-order valence-corrected chi connectivity index (χ2v) is 4.48. The zero-order valence-electron chi connectivity index (χ0n) is 10.8. The van der Waals surface area contributed by atoms with Crippen LogP contribution in [0.15, 0.2) is 42.9 Å². The lowest BCUT2D eigenvalue weighted by Crippen LogP contribution is -2.24. The zero-order valence-corrected chi connectivity index (χ0v) is 10.8. The van der Waals surface area contributed by atoms with E-state index in [1.165, 1.54) is 0 Å². The van der Waals surface area contributed by atoms with Gasteiger partial charge in [-0.25, -0.2) is 0 Å². The molecule has 1 aliphatic rings. The summed E-state index contributed by atoms with van der Waals surface area (Å²) in [4.78, 5) is 20.2. The third-order valence-corrected chi connectivity index (χ3v) is 3.08. The lowest BCUT2D eigenvalue weighted by atomic mass is 10.1. The lowest BCUT2D eigenvalue weighted by Gasteiger charge is -2.13. The third kappa shape index (κ3) is 2.66. The number of anilines is 1.